The molecule has 1 aliphatic carbocycles. The lowest BCUT2D eigenvalue weighted by atomic mass is 10.0. The number of rotatable bonds is 3. The van der Waals surface area contributed by atoms with Crippen LogP contribution in [-0.2, 0) is 9.53 Å². The molecule has 3 heterocycles. The predicted octanol–water partition coefficient (Wildman–Crippen LogP) is 3.94. The van der Waals surface area contributed by atoms with Gasteiger partial charge in [-0.15, -0.1) is 0 Å². The van der Waals surface area contributed by atoms with Crippen molar-refractivity contribution >= 4 is 34.3 Å². The number of hydrogen-bond acceptors (Lipinski definition) is 4. The van der Waals surface area contributed by atoms with Gasteiger partial charge >= 0.3 is 6.09 Å². The third-order valence-electron chi connectivity index (χ3n) is 4.91. The van der Waals surface area contributed by atoms with Crippen molar-refractivity contribution in [2.45, 2.75) is 45.6 Å². The number of nitrogens with zero attached hydrogens (tertiary/aromatic N) is 2. The smallest absolute Gasteiger partial charge is 0.412 e. The number of nitrogens with one attached hydrogen (secondary N) is 2. The monoisotopic (exact) mass is 382 g/mol. The van der Waals surface area contributed by atoms with Gasteiger partial charge in [0.25, 0.3) is 0 Å². The highest BCUT2D eigenvalue weighted by molar-refractivity contribution is 5.90. The van der Waals surface area contributed by atoms with E-state index in [1.54, 1.807) is 6.20 Å². The Morgan fingerprint density at radius 1 is 1.29 bits per heavy atom. The number of hydrogen-bond donors (Lipinski definition) is 2. The van der Waals surface area contributed by atoms with Crippen LogP contribution in [0, 0.1) is 5.92 Å². The van der Waals surface area contributed by atoms with Gasteiger partial charge in [0.1, 0.15) is 11.2 Å². The number of aromatic nitrogens is 2. The van der Waals surface area contributed by atoms with Gasteiger partial charge in [0, 0.05) is 30.1 Å². The van der Waals surface area contributed by atoms with Gasteiger partial charge < -0.3 is 14.6 Å². The summed E-state index contributed by atoms with van der Waals surface area (Å²) in [5.74, 6) is 0.564. The maximum atomic E-state index is 12.2. The zero-order valence-electron chi connectivity index (χ0n) is 16.5. The van der Waals surface area contributed by atoms with Crippen LogP contribution in [0.5, 0.6) is 0 Å². The lowest BCUT2D eigenvalue weighted by molar-refractivity contribution is -0.132. The third kappa shape index (κ3) is 4.18. The fourth-order valence-corrected chi connectivity index (χ4v) is 3.38. The van der Waals surface area contributed by atoms with Crippen molar-refractivity contribution in [3.63, 3.8) is 0 Å². The highest BCUT2D eigenvalue weighted by Crippen LogP contribution is 2.33. The highest BCUT2D eigenvalue weighted by Gasteiger charge is 2.33. The SMILES string of the molecule is CC(C)(C)OC(=O)Nc1cnc2[nH]c(C3=CCN(C(=O)C4CC4)CC3)cc2c1. The molecule has 0 unspecified atom stereocenters. The Bertz CT molecular complexity index is 950. The summed E-state index contributed by atoms with van der Waals surface area (Å²) in [6.07, 6.45) is 6.14. The Morgan fingerprint density at radius 2 is 2.07 bits per heavy atom. The van der Waals surface area contributed by atoms with Crippen molar-refractivity contribution < 1.29 is 14.3 Å². The molecule has 7 nitrogen and oxygen atoms in total. The highest BCUT2D eigenvalue weighted by atomic mass is 16.6. The van der Waals surface area contributed by atoms with Gasteiger partial charge in [-0.25, -0.2) is 9.78 Å². The normalized spacial score (nSPS) is 17.4. The summed E-state index contributed by atoms with van der Waals surface area (Å²) in [5.41, 5.74) is 3.01. The summed E-state index contributed by atoms with van der Waals surface area (Å²) in [6.45, 7) is 6.89. The molecule has 1 fully saturated rings. The molecule has 1 saturated carbocycles. The van der Waals surface area contributed by atoms with Crippen molar-refractivity contribution in [1.82, 2.24) is 14.9 Å². The van der Waals surface area contributed by atoms with Crippen molar-refractivity contribution in [3.8, 4) is 0 Å². The fourth-order valence-electron chi connectivity index (χ4n) is 3.38. The Labute approximate surface area is 164 Å². The average molecular weight is 382 g/mol. The molecule has 0 spiro atoms. The molecule has 28 heavy (non-hydrogen) atoms. The summed E-state index contributed by atoms with van der Waals surface area (Å²) in [5, 5.41) is 3.64. The van der Waals surface area contributed by atoms with E-state index in [-0.39, 0.29) is 5.92 Å². The molecule has 148 valence electrons. The standard InChI is InChI=1S/C21H26N4O3/c1-21(2,3)28-20(27)23-16-10-15-11-17(24-18(15)22-12-16)13-6-8-25(9-7-13)19(26)14-4-5-14/h6,10-12,14H,4-5,7-9H2,1-3H3,(H,22,24)(H,23,27). The van der Waals surface area contributed by atoms with Gasteiger partial charge in [0.15, 0.2) is 0 Å². The number of aromatic amines is 1. The Morgan fingerprint density at radius 3 is 2.71 bits per heavy atom. The fraction of sp³-hybridized carbons (Fsp3) is 0.476. The maximum Gasteiger partial charge on any atom is 0.412 e. The van der Waals surface area contributed by atoms with Crippen LogP contribution in [0.4, 0.5) is 10.5 Å². The van der Waals surface area contributed by atoms with E-state index in [1.807, 2.05) is 37.8 Å². The van der Waals surface area contributed by atoms with Crippen LogP contribution in [0.15, 0.2) is 24.4 Å². The minimum Gasteiger partial charge on any atom is -0.444 e. The second-order valence-corrected chi connectivity index (χ2v) is 8.51. The number of anilines is 1. The molecule has 0 aromatic carbocycles. The van der Waals surface area contributed by atoms with Gasteiger partial charge in [-0.1, -0.05) is 6.08 Å². The quantitative estimate of drug-likeness (QED) is 0.842. The number of pyridine rings is 1. The molecule has 2 aromatic heterocycles. The molecule has 0 saturated heterocycles. The van der Waals surface area contributed by atoms with Crippen LogP contribution in [0.3, 0.4) is 0 Å². The summed E-state index contributed by atoms with van der Waals surface area (Å²) in [4.78, 5) is 33.8. The van der Waals surface area contributed by atoms with Crippen molar-refractivity contribution in [2.75, 3.05) is 18.4 Å². The van der Waals surface area contributed by atoms with Crippen molar-refractivity contribution in [1.29, 1.82) is 0 Å². The minimum atomic E-state index is -0.550. The first-order chi connectivity index (χ1) is 13.3. The van der Waals surface area contributed by atoms with Crippen LogP contribution < -0.4 is 5.32 Å². The predicted molar refractivity (Wildman–Crippen MR) is 108 cm³/mol. The Hall–Kier alpha value is -2.83. The lowest BCUT2D eigenvalue weighted by Gasteiger charge is -2.26. The van der Waals surface area contributed by atoms with Gasteiger partial charge in [0.05, 0.1) is 11.9 Å². The maximum absolute atomic E-state index is 12.2. The zero-order chi connectivity index (χ0) is 19.9. The topological polar surface area (TPSA) is 87.3 Å². The van der Waals surface area contributed by atoms with E-state index in [0.29, 0.717) is 18.1 Å². The van der Waals surface area contributed by atoms with Crippen molar-refractivity contribution in [3.05, 3.63) is 30.1 Å². The number of carbonyl (C=O) groups excluding carboxylic acids is 2. The molecular formula is C21H26N4O3. The second kappa shape index (κ2) is 6.96. The molecule has 4 rings (SSSR count). The molecule has 0 atom stereocenters. The molecule has 0 radical (unpaired) electrons. The average Bonchev–Trinajstić information content (AvgIpc) is 3.39. The molecular weight excluding hydrogens is 356 g/mol. The van der Waals surface area contributed by atoms with E-state index in [0.717, 1.165) is 42.5 Å². The van der Waals surface area contributed by atoms with Gasteiger partial charge in [0.2, 0.25) is 5.91 Å². The van der Waals surface area contributed by atoms with Gasteiger partial charge in [-0.3, -0.25) is 10.1 Å². The van der Waals surface area contributed by atoms with Crippen LogP contribution >= 0.6 is 0 Å². The molecule has 1 aliphatic heterocycles. The second-order valence-electron chi connectivity index (χ2n) is 8.51. The van der Waals surface area contributed by atoms with Crippen LogP contribution in [-0.4, -0.2) is 45.6 Å². The van der Waals surface area contributed by atoms with Gasteiger partial charge in [-0.05, 0) is 57.7 Å². The van der Waals surface area contributed by atoms with E-state index >= 15 is 0 Å². The van der Waals surface area contributed by atoms with E-state index in [2.05, 4.69) is 21.4 Å². The van der Waals surface area contributed by atoms with Gasteiger partial charge in [-0.2, -0.15) is 0 Å². The minimum absolute atomic E-state index is 0.267. The first-order valence-corrected chi connectivity index (χ1v) is 9.75. The molecule has 2 aromatic rings. The number of fused-ring (bicyclic) bond motifs is 1. The molecule has 2 N–H and O–H groups in total. The zero-order valence-corrected chi connectivity index (χ0v) is 16.5. The lowest BCUT2D eigenvalue weighted by Crippen LogP contribution is -2.35. The molecule has 2 amide bonds. The van der Waals surface area contributed by atoms with E-state index < -0.39 is 11.7 Å². The number of H-pyrrole nitrogens is 1. The molecule has 7 heteroatoms. The summed E-state index contributed by atoms with van der Waals surface area (Å²) >= 11 is 0. The number of amides is 2. The Balaban J connectivity index is 1.46. The first kappa shape index (κ1) is 18.5. The molecule has 0 bridgehead atoms. The first-order valence-electron chi connectivity index (χ1n) is 9.75. The number of ether oxygens (including phenoxy) is 1. The van der Waals surface area contributed by atoms with E-state index in [1.165, 1.54) is 5.57 Å². The third-order valence-corrected chi connectivity index (χ3v) is 4.91. The largest absolute Gasteiger partial charge is 0.444 e. The summed E-state index contributed by atoms with van der Waals surface area (Å²) in [6, 6.07) is 3.91. The van der Waals surface area contributed by atoms with E-state index in [9.17, 15) is 9.59 Å². The molecule has 2 aliphatic rings. The van der Waals surface area contributed by atoms with Crippen molar-refractivity contribution in [2.24, 2.45) is 5.92 Å². The van der Waals surface area contributed by atoms with Crippen LogP contribution in [0.25, 0.3) is 16.6 Å². The van der Waals surface area contributed by atoms with Crippen LogP contribution in [0.1, 0.15) is 45.7 Å². The summed E-state index contributed by atoms with van der Waals surface area (Å²) in [7, 11) is 0. The number of carbonyl (C=O) groups is 2. The Kier molecular flexibility index (Phi) is 4.61. The summed E-state index contributed by atoms with van der Waals surface area (Å²) < 4.78 is 5.28. The van der Waals surface area contributed by atoms with Crippen LogP contribution in [0.2, 0.25) is 0 Å². The van der Waals surface area contributed by atoms with E-state index in [4.69, 9.17) is 4.74 Å².